The Morgan fingerprint density at radius 1 is 0.941 bits per heavy atom. The van der Waals surface area contributed by atoms with Crippen molar-refractivity contribution < 1.29 is 19.8 Å². The molecule has 0 saturated carbocycles. The van der Waals surface area contributed by atoms with Crippen LogP contribution in [0.3, 0.4) is 0 Å². The molecule has 0 atom stereocenters. The number of hydrogen-bond acceptors (Lipinski definition) is 3. The van der Waals surface area contributed by atoms with Gasteiger partial charge in [0.25, 0.3) is 0 Å². The molecular weight excluding hydrogens is 222 g/mol. The number of rotatable bonds is 4. The molecule has 5 heteroatoms. The van der Waals surface area contributed by atoms with Crippen LogP contribution in [0.15, 0.2) is 24.3 Å². The third-order valence-electron chi connectivity index (χ3n) is 1.23. The highest BCUT2D eigenvalue weighted by Crippen LogP contribution is 1.81. The second-order valence-electron chi connectivity index (χ2n) is 3.13. The van der Waals surface area contributed by atoms with Crippen LogP contribution < -0.4 is 5.32 Å². The smallest absolute Gasteiger partial charge is 0.330 e. The molecule has 0 rings (SSSR count). The summed E-state index contributed by atoms with van der Waals surface area (Å²) in [7, 11) is 0. The van der Waals surface area contributed by atoms with Gasteiger partial charge in [0.15, 0.2) is 0 Å². The topological polar surface area (TPSA) is 86.6 Å². The SMILES string of the molecule is C=C(C)C(=O)O.C=C(C)C(=O)O.CCNCC. The number of nitrogens with one attached hydrogen (secondary N) is 1. The first-order valence-corrected chi connectivity index (χ1v) is 5.18. The highest BCUT2D eigenvalue weighted by molar-refractivity contribution is 5.85. The maximum absolute atomic E-state index is 9.60. The van der Waals surface area contributed by atoms with Crippen LogP contribution in [0.5, 0.6) is 0 Å². The molecule has 100 valence electrons. The number of aliphatic carboxylic acids is 2. The molecule has 0 aliphatic carbocycles. The first kappa shape index (κ1) is 20.8. The zero-order chi connectivity index (χ0) is 14.4. The fourth-order valence-electron chi connectivity index (χ4n) is 0.250. The van der Waals surface area contributed by atoms with Crippen molar-refractivity contribution >= 4 is 11.9 Å². The number of carboxylic acids is 2. The summed E-state index contributed by atoms with van der Waals surface area (Å²) in [5.41, 5.74) is 0.352. The average Bonchev–Trinajstić information content (AvgIpc) is 2.20. The minimum atomic E-state index is -0.935. The summed E-state index contributed by atoms with van der Waals surface area (Å²) in [5, 5.41) is 18.9. The predicted molar refractivity (Wildman–Crippen MR) is 69.1 cm³/mol. The fraction of sp³-hybridized carbons (Fsp3) is 0.500. The molecule has 0 aromatic rings. The van der Waals surface area contributed by atoms with E-state index in [-0.39, 0.29) is 11.1 Å². The van der Waals surface area contributed by atoms with Gasteiger partial charge in [-0.05, 0) is 26.9 Å². The maximum atomic E-state index is 9.60. The Kier molecular flexibility index (Phi) is 17.6. The Labute approximate surface area is 103 Å². The lowest BCUT2D eigenvalue weighted by atomic mass is 10.4. The highest BCUT2D eigenvalue weighted by Gasteiger charge is 1.90. The number of hydrogen-bond donors (Lipinski definition) is 3. The Morgan fingerprint density at radius 2 is 1.12 bits per heavy atom. The summed E-state index contributed by atoms with van der Waals surface area (Å²) in [5.74, 6) is -1.87. The molecular formula is C12H23NO4. The van der Waals surface area contributed by atoms with Crippen molar-refractivity contribution in [1.29, 1.82) is 0 Å². The third kappa shape index (κ3) is 31.4. The number of carboxylic acid groups (broad SMARTS) is 2. The molecule has 5 nitrogen and oxygen atoms in total. The Hall–Kier alpha value is -1.62. The van der Waals surface area contributed by atoms with Crippen molar-refractivity contribution in [2.45, 2.75) is 27.7 Å². The van der Waals surface area contributed by atoms with Crippen molar-refractivity contribution in [3.05, 3.63) is 24.3 Å². The summed E-state index contributed by atoms with van der Waals surface area (Å²) in [6, 6.07) is 0. The standard InChI is InChI=1S/C4H11N.2C4H6O2/c1-3-5-4-2;2*1-3(2)4(5)6/h5H,3-4H2,1-2H3;2*1H2,2H3,(H,5,6). The van der Waals surface area contributed by atoms with Gasteiger partial charge in [-0.15, -0.1) is 0 Å². The Balaban J connectivity index is -0.000000174. The second kappa shape index (κ2) is 14.4. The fourth-order valence-corrected chi connectivity index (χ4v) is 0.250. The van der Waals surface area contributed by atoms with Crippen LogP contribution in [0.2, 0.25) is 0 Å². The van der Waals surface area contributed by atoms with Gasteiger partial charge in [0.05, 0.1) is 0 Å². The first-order valence-electron chi connectivity index (χ1n) is 5.18. The largest absolute Gasteiger partial charge is 0.478 e. The van der Waals surface area contributed by atoms with E-state index >= 15 is 0 Å². The zero-order valence-corrected chi connectivity index (χ0v) is 11.0. The predicted octanol–water partition coefficient (Wildman–Crippen LogP) is 1.91. The molecule has 0 aromatic heterocycles. The zero-order valence-electron chi connectivity index (χ0n) is 11.0. The van der Waals surface area contributed by atoms with Gasteiger partial charge in [-0.1, -0.05) is 27.0 Å². The van der Waals surface area contributed by atoms with E-state index in [1.165, 1.54) is 13.8 Å². The monoisotopic (exact) mass is 245 g/mol. The van der Waals surface area contributed by atoms with Crippen molar-refractivity contribution in [2.24, 2.45) is 0 Å². The van der Waals surface area contributed by atoms with E-state index < -0.39 is 11.9 Å². The molecule has 0 fully saturated rings. The summed E-state index contributed by atoms with van der Waals surface area (Å²) >= 11 is 0. The molecule has 0 aliphatic heterocycles. The molecule has 0 aliphatic rings. The van der Waals surface area contributed by atoms with Crippen molar-refractivity contribution in [1.82, 2.24) is 5.32 Å². The van der Waals surface area contributed by atoms with Crippen molar-refractivity contribution in [2.75, 3.05) is 13.1 Å². The maximum Gasteiger partial charge on any atom is 0.330 e. The Bertz CT molecular complexity index is 209. The molecule has 0 bridgehead atoms. The first-order chi connectivity index (χ1) is 7.70. The second-order valence-corrected chi connectivity index (χ2v) is 3.13. The van der Waals surface area contributed by atoms with E-state index in [9.17, 15) is 9.59 Å². The molecule has 0 amide bonds. The van der Waals surface area contributed by atoms with Gasteiger partial charge in [-0.25, -0.2) is 9.59 Å². The van der Waals surface area contributed by atoms with E-state index in [2.05, 4.69) is 32.3 Å². The van der Waals surface area contributed by atoms with Gasteiger partial charge in [-0.2, -0.15) is 0 Å². The summed E-state index contributed by atoms with van der Waals surface area (Å²) in [4.78, 5) is 19.2. The molecule has 17 heavy (non-hydrogen) atoms. The minimum Gasteiger partial charge on any atom is -0.478 e. The van der Waals surface area contributed by atoms with Crippen LogP contribution in [0.4, 0.5) is 0 Å². The molecule has 0 unspecified atom stereocenters. The molecule has 0 aromatic carbocycles. The summed E-state index contributed by atoms with van der Waals surface area (Å²) < 4.78 is 0. The molecule has 0 saturated heterocycles. The summed E-state index contributed by atoms with van der Waals surface area (Å²) in [6.07, 6.45) is 0. The van der Waals surface area contributed by atoms with Crippen LogP contribution in [-0.2, 0) is 9.59 Å². The van der Waals surface area contributed by atoms with Gasteiger partial charge in [0.1, 0.15) is 0 Å². The van der Waals surface area contributed by atoms with Gasteiger partial charge in [0.2, 0.25) is 0 Å². The Morgan fingerprint density at radius 3 is 1.12 bits per heavy atom. The lowest BCUT2D eigenvalue weighted by molar-refractivity contribution is -0.133. The van der Waals surface area contributed by atoms with E-state index in [0.29, 0.717) is 0 Å². The lowest BCUT2D eigenvalue weighted by Crippen LogP contribution is -2.09. The molecule has 0 radical (unpaired) electrons. The number of carbonyl (C=O) groups is 2. The molecule has 0 spiro atoms. The van der Waals surface area contributed by atoms with Crippen LogP contribution in [0.25, 0.3) is 0 Å². The summed E-state index contributed by atoms with van der Waals surface area (Å²) in [6.45, 7) is 15.6. The van der Waals surface area contributed by atoms with E-state index in [1.54, 1.807) is 0 Å². The van der Waals surface area contributed by atoms with Crippen LogP contribution in [0, 0.1) is 0 Å². The van der Waals surface area contributed by atoms with Gasteiger partial charge < -0.3 is 15.5 Å². The molecule has 0 heterocycles. The van der Waals surface area contributed by atoms with E-state index in [4.69, 9.17) is 10.2 Å². The van der Waals surface area contributed by atoms with Gasteiger partial charge >= 0.3 is 11.9 Å². The van der Waals surface area contributed by atoms with E-state index in [1.807, 2.05) is 0 Å². The van der Waals surface area contributed by atoms with Gasteiger partial charge in [0, 0.05) is 11.1 Å². The van der Waals surface area contributed by atoms with Crippen molar-refractivity contribution in [3.63, 3.8) is 0 Å². The highest BCUT2D eigenvalue weighted by atomic mass is 16.4. The minimum absolute atomic E-state index is 0.176. The van der Waals surface area contributed by atoms with Crippen LogP contribution in [0.1, 0.15) is 27.7 Å². The van der Waals surface area contributed by atoms with Crippen LogP contribution >= 0.6 is 0 Å². The average molecular weight is 245 g/mol. The van der Waals surface area contributed by atoms with E-state index in [0.717, 1.165) is 13.1 Å². The quantitative estimate of drug-likeness (QED) is 0.659. The lowest BCUT2D eigenvalue weighted by Gasteiger charge is -1.86. The third-order valence-corrected chi connectivity index (χ3v) is 1.23. The van der Waals surface area contributed by atoms with Crippen molar-refractivity contribution in [3.8, 4) is 0 Å². The molecule has 3 N–H and O–H groups in total. The van der Waals surface area contributed by atoms with Gasteiger partial charge in [-0.3, -0.25) is 0 Å². The normalized spacial score (nSPS) is 7.76. The van der Waals surface area contributed by atoms with Crippen LogP contribution in [-0.4, -0.2) is 35.2 Å².